The second-order valence-electron chi connectivity index (χ2n) is 5.66. The van der Waals surface area contributed by atoms with E-state index in [9.17, 15) is 13.2 Å². The number of anilines is 3. The van der Waals surface area contributed by atoms with Crippen LogP contribution in [0.3, 0.4) is 0 Å². The molecule has 3 rings (SSSR count). The summed E-state index contributed by atoms with van der Waals surface area (Å²) < 4.78 is 44.0. The van der Waals surface area contributed by atoms with Crippen molar-refractivity contribution < 1.29 is 17.9 Å². The third kappa shape index (κ3) is 4.66. The Balaban J connectivity index is 1.87. The molecule has 0 aliphatic heterocycles. The summed E-state index contributed by atoms with van der Waals surface area (Å²) in [5, 5.41) is 2.84. The summed E-state index contributed by atoms with van der Waals surface area (Å²) in [5.41, 5.74) is 6.04. The van der Waals surface area contributed by atoms with Gasteiger partial charge in [-0.05, 0) is 49.4 Å². The molecule has 0 saturated heterocycles. The molecule has 0 unspecified atom stereocenters. The van der Waals surface area contributed by atoms with Crippen molar-refractivity contribution >= 4 is 17.3 Å². The van der Waals surface area contributed by atoms with Gasteiger partial charge in [0.2, 0.25) is 0 Å². The first-order valence-electron chi connectivity index (χ1n) is 8.17. The summed E-state index contributed by atoms with van der Waals surface area (Å²) in [5.74, 6) is 1.56. The van der Waals surface area contributed by atoms with Crippen LogP contribution in [0.15, 0.2) is 54.6 Å². The fraction of sp³-hybridized carbons (Fsp3) is 0.158. The lowest BCUT2D eigenvalue weighted by molar-refractivity contribution is -0.137. The summed E-state index contributed by atoms with van der Waals surface area (Å²) in [6.07, 6.45) is -4.42. The van der Waals surface area contributed by atoms with Gasteiger partial charge in [0.25, 0.3) is 0 Å². The third-order valence-corrected chi connectivity index (χ3v) is 3.63. The molecule has 3 aromatic rings. The standard InChI is InChI=1S/C19H17F3N4O/c1-2-27-15-8-6-12(7-9-15)18-25-16(23)11-17(26-18)24-14-5-3-4-13(10-14)19(20,21)22/h3-11H,2H2,1H3,(H3,23,24,25,26). The highest BCUT2D eigenvalue weighted by atomic mass is 19.4. The van der Waals surface area contributed by atoms with Gasteiger partial charge in [-0.15, -0.1) is 0 Å². The maximum Gasteiger partial charge on any atom is 0.416 e. The van der Waals surface area contributed by atoms with E-state index in [-0.39, 0.29) is 11.5 Å². The zero-order chi connectivity index (χ0) is 19.4. The minimum Gasteiger partial charge on any atom is -0.494 e. The van der Waals surface area contributed by atoms with Gasteiger partial charge in [-0.25, -0.2) is 9.97 Å². The Morgan fingerprint density at radius 3 is 2.44 bits per heavy atom. The Bertz CT molecular complexity index is 927. The van der Waals surface area contributed by atoms with Crippen LogP contribution in [0.2, 0.25) is 0 Å². The van der Waals surface area contributed by atoms with Crippen molar-refractivity contribution in [2.24, 2.45) is 0 Å². The van der Waals surface area contributed by atoms with Gasteiger partial charge in [-0.1, -0.05) is 6.07 Å². The van der Waals surface area contributed by atoms with E-state index in [1.807, 2.05) is 6.92 Å². The van der Waals surface area contributed by atoms with Gasteiger partial charge in [0.1, 0.15) is 17.4 Å². The predicted octanol–water partition coefficient (Wildman–Crippen LogP) is 4.89. The minimum atomic E-state index is -4.42. The van der Waals surface area contributed by atoms with E-state index in [1.54, 1.807) is 24.3 Å². The molecule has 5 nitrogen and oxygen atoms in total. The van der Waals surface area contributed by atoms with E-state index in [1.165, 1.54) is 18.2 Å². The molecule has 27 heavy (non-hydrogen) atoms. The molecular weight excluding hydrogens is 357 g/mol. The molecule has 0 bridgehead atoms. The molecule has 8 heteroatoms. The number of alkyl halides is 3. The van der Waals surface area contributed by atoms with Gasteiger partial charge in [0.05, 0.1) is 12.2 Å². The van der Waals surface area contributed by atoms with Crippen molar-refractivity contribution in [3.8, 4) is 17.1 Å². The lowest BCUT2D eigenvalue weighted by atomic mass is 10.2. The Labute approximate surface area is 154 Å². The molecular formula is C19H17F3N4O. The smallest absolute Gasteiger partial charge is 0.416 e. The van der Waals surface area contributed by atoms with Crippen LogP contribution in [0.5, 0.6) is 5.75 Å². The molecule has 0 atom stereocenters. The molecule has 1 aromatic heterocycles. The highest BCUT2D eigenvalue weighted by Gasteiger charge is 2.30. The minimum absolute atomic E-state index is 0.198. The predicted molar refractivity (Wildman–Crippen MR) is 97.8 cm³/mol. The number of benzene rings is 2. The summed E-state index contributed by atoms with van der Waals surface area (Å²) in [4.78, 5) is 8.53. The molecule has 2 aromatic carbocycles. The molecule has 0 fully saturated rings. The van der Waals surface area contributed by atoms with Gasteiger partial charge in [-0.3, -0.25) is 0 Å². The number of halogens is 3. The van der Waals surface area contributed by atoms with Gasteiger partial charge >= 0.3 is 6.18 Å². The lowest BCUT2D eigenvalue weighted by Crippen LogP contribution is -2.06. The zero-order valence-corrected chi connectivity index (χ0v) is 14.4. The van der Waals surface area contributed by atoms with Crippen LogP contribution in [0, 0.1) is 0 Å². The van der Waals surface area contributed by atoms with Crippen molar-refractivity contribution in [2.45, 2.75) is 13.1 Å². The highest BCUT2D eigenvalue weighted by molar-refractivity contribution is 5.65. The number of hydrogen-bond acceptors (Lipinski definition) is 5. The molecule has 0 spiro atoms. The van der Waals surface area contributed by atoms with Crippen LogP contribution in [0.1, 0.15) is 12.5 Å². The van der Waals surface area contributed by atoms with Crippen LogP contribution in [-0.2, 0) is 6.18 Å². The van der Waals surface area contributed by atoms with Crippen LogP contribution in [-0.4, -0.2) is 16.6 Å². The quantitative estimate of drug-likeness (QED) is 0.665. The van der Waals surface area contributed by atoms with E-state index in [2.05, 4.69) is 15.3 Å². The Morgan fingerprint density at radius 1 is 1.04 bits per heavy atom. The first-order chi connectivity index (χ1) is 12.8. The van der Waals surface area contributed by atoms with E-state index in [0.29, 0.717) is 29.6 Å². The van der Waals surface area contributed by atoms with Crippen molar-refractivity contribution in [3.63, 3.8) is 0 Å². The second kappa shape index (κ2) is 7.53. The van der Waals surface area contributed by atoms with Gasteiger partial charge in [0.15, 0.2) is 5.82 Å². The average molecular weight is 374 g/mol. The maximum atomic E-state index is 12.9. The normalized spacial score (nSPS) is 11.3. The number of nitrogens with one attached hydrogen (secondary N) is 1. The van der Waals surface area contributed by atoms with Gasteiger partial charge in [0, 0.05) is 17.3 Å². The largest absolute Gasteiger partial charge is 0.494 e. The Morgan fingerprint density at radius 2 is 1.78 bits per heavy atom. The van der Waals surface area contributed by atoms with Crippen molar-refractivity contribution in [1.82, 2.24) is 9.97 Å². The van der Waals surface area contributed by atoms with Crippen LogP contribution >= 0.6 is 0 Å². The lowest BCUT2D eigenvalue weighted by Gasteiger charge is -2.11. The van der Waals surface area contributed by atoms with E-state index < -0.39 is 11.7 Å². The summed E-state index contributed by atoms with van der Waals surface area (Å²) >= 11 is 0. The molecule has 0 amide bonds. The monoisotopic (exact) mass is 374 g/mol. The number of nitrogens with zero attached hydrogens (tertiary/aromatic N) is 2. The molecule has 1 heterocycles. The molecule has 0 saturated carbocycles. The fourth-order valence-electron chi connectivity index (χ4n) is 2.45. The number of nitrogen functional groups attached to an aromatic ring is 1. The SMILES string of the molecule is CCOc1ccc(-c2nc(N)cc(Nc3cccc(C(F)(F)F)c3)n2)cc1. The topological polar surface area (TPSA) is 73.1 Å². The van der Waals surface area contributed by atoms with Crippen LogP contribution in [0.25, 0.3) is 11.4 Å². The van der Waals surface area contributed by atoms with Crippen molar-refractivity contribution in [1.29, 1.82) is 0 Å². The Hall–Kier alpha value is -3.29. The zero-order valence-electron chi connectivity index (χ0n) is 14.4. The first-order valence-corrected chi connectivity index (χ1v) is 8.17. The van der Waals surface area contributed by atoms with Gasteiger partial charge in [-0.2, -0.15) is 13.2 Å². The average Bonchev–Trinajstić information content (AvgIpc) is 2.62. The van der Waals surface area contributed by atoms with E-state index in [4.69, 9.17) is 10.5 Å². The van der Waals surface area contributed by atoms with E-state index in [0.717, 1.165) is 12.1 Å². The van der Waals surface area contributed by atoms with Crippen molar-refractivity contribution in [2.75, 3.05) is 17.7 Å². The van der Waals surface area contributed by atoms with Crippen LogP contribution in [0.4, 0.5) is 30.5 Å². The number of aromatic nitrogens is 2. The first kappa shape index (κ1) is 18.5. The molecule has 140 valence electrons. The summed E-state index contributed by atoms with van der Waals surface area (Å²) in [7, 11) is 0. The number of rotatable bonds is 5. The molecule has 0 aliphatic carbocycles. The van der Waals surface area contributed by atoms with E-state index >= 15 is 0 Å². The summed E-state index contributed by atoms with van der Waals surface area (Å²) in [6, 6.07) is 13.4. The Kier molecular flexibility index (Phi) is 5.16. The number of nitrogens with two attached hydrogens (primary N) is 1. The molecule has 0 radical (unpaired) electrons. The van der Waals surface area contributed by atoms with Gasteiger partial charge < -0.3 is 15.8 Å². The molecule has 0 aliphatic rings. The highest BCUT2D eigenvalue weighted by Crippen LogP contribution is 2.31. The number of ether oxygens (including phenoxy) is 1. The maximum absolute atomic E-state index is 12.9. The second-order valence-corrected chi connectivity index (χ2v) is 5.66. The third-order valence-electron chi connectivity index (χ3n) is 3.63. The molecule has 3 N–H and O–H groups in total. The number of hydrogen-bond donors (Lipinski definition) is 2. The fourth-order valence-corrected chi connectivity index (χ4v) is 2.45. The van der Waals surface area contributed by atoms with Crippen LogP contribution < -0.4 is 15.8 Å². The van der Waals surface area contributed by atoms with Crippen molar-refractivity contribution in [3.05, 3.63) is 60.2 Å². The summed E-state index contributed by atoms with van der Waals surface area (Å²) in [6.45, 7) is 2.44.